The first-order valence-corrected chi connectivity index (χ1v) is 5.06. The molecule has 0 amide bonds. The first-order valence-electron chi connectivity index (χ1n) is 5.06. The van der Waals surface area contributed by atoms with Gasteiger partial charge < -0.3 is 30.6 Å². The minimum absolute atomic E-state index is 1.25. The van der Waals surface area contributed by atoms with Crippen molar-refractivity contribution >= 4 is 0 Å². The maximum atomic E-state index is 9.52. The Kier molecular flexibility index (Phi) is 4.88. The van der Waals surface area contributed by atoms with E-state index in [1.807, 2.05) is 0 Å². The number of rotatable bonds is 5. The Morgan fingerprint density at radius 3 is 0.938 bits per heavy atom. The molecule has 0 aromatic carbocycles. The van der Waals surface area contributed by atoms with Crippen molar-refractivity contribution in [2.24, 2.45) is 0 Å². The average Bonchev–Trinajstić information content (AvgIpc) is 2.10. The number of aliphatic hydroxyl groups is 6. The van der Waals surface area contributed by atoms with Crippen LogP contribution in [0, 0.1) is 0 Å². The largest absolute Gasteiger partial charge is 0.388 e. The van der Waals surface area contributed by atoms with Crippen LogP contribution in [0.2, 0.25) is 0 Å². The van der Waals surface area contributed by atoms with E-state index in [0.717, 1.165) is 0 Å². The second-order valence-corrected chi connectivity index (χ2v) is 5.18. The summed E-state index contributed by atoms with van der Waals surface area (Å²) in [6.45, 7) is 5.02. The van der Waals surface area contributed by atoms with E-state index in [9.17, 15) is 30.6 Å². The minimum atomic E-state index is -1.76. The van der Waals surface area contributed by atoms with Crippen LogP contribution in [-0.2, 0) is 0 Å². The van der Waals surface area contributed by atoms with E-state index in [4.69, 9.17) is 0 Å². The molecule has 6 heteroatoms. The summed E-state index contributed by atoms with van der Waals surface area (Å²) in [6, 6.07) is 0. The lowest BCUT2D eigenvalue weighted by molar-refractivity contribution is -0.185. The standard InChI is InChI=1S/C10H22O6/c1-9(2,15)7(13)5(11)6(12)8(14)10(3,4)16/h5-8,11-16H,1-4H3/t5-,6-,7-,8-/m0/s1. The summed E-state index contributed by atoms with van der Waals surface area (Å²) in [5, 5.41) is 56.9. The molecular formula is C10H22O6. The van der Waals surface area contributed by atoms with Crippen LogP contribution in [0.15, 0.2) is 0 Å². The molecule has 6 N–H and O–H groups in total. The normalized spacial score (nSPS) is 21.4. The lowest BCUT2D eigenvalue weighted by Crippen LogP contribution is -2.57. The Bertz CT molecular complexity index is 192. The van der Waals surface area contributed by atoms with Gasteiger partial charge in [-0.1, -0.05) is 0 Å². The summed E-state index contributed by atoms with van der Waals surface area (Å²) in [6.07, 6.45) is -6.80. The lowest BCUT2D eigenvalue weighted by Gasteiger charge is -2.36. The van der Waals surface area contributed by atoms with Crippen molar-refractivity contribution in [3.8, 4) is 0 Å². The Morgan fingerprint density at radius 2 is 0.812 bits per heavy atom. The minimum Gasteiger partial charge on any atom is -0.388 e. The number of hydrogen-bond acceptors (Lipinski definition) is 6. The molecule has 0 aliphatic rings. The monoisotopic (exact) mass is 238 g/mol. The van der Waals surface area contributed by atoms with Crippen molar-refractivity contribution in [3.63, 3.8) is 0 Å². The molecule has 0 saturated carbocycles. The molecule has 0 aromatic rings. The molecular weight excluding hydrogens is 216 g/mol. The van der Waals surface area contributed by atoms with Gasteiger partial charge >= 0.3 is 0 Å². The predicted octanol–water partition coefficient (Wildman–Crippen LogP) is -2.03. The summed E-state index contributed by atoms with van der Waals surface area (Å²) in [7, 11) is 0. The summed E-state index contributed by atoms with van der Waals surface area (Å²) in [5.74, 6) is 0. The molecule has 0 aromatic heterocycles. The predicted molar refractivity (Wildman–Crippen MR) is 56.6 cm³/mol. The van der Waals surface area contributed by atoms with Gasteiger partial charge in [0.15, 0.2) is 0 Å². The molecule has 0 rings (SSSR count). The summed E-state index contributed by atoms with van der Waals surface area (Å²) >= 11 is 0. The third-order valence-corrected chi connectivity index (χ3v) is 2.44. The molecule has 4 atom stereocenters. The Morgan fingerprint density at radius 1 is 0.625 bits per heavy atom. The molecule has 0 fully saturated rings. The van der Waals surface area contributed by atoms with Crippen molar-refractivity contribution in [2.45, 2.75) is 63.3 Å². The van der Waals surface area contributed by atoms with Crippen LogP contribution >= 0.6 is 0 Å². The molecule has 0 unspecified atom stereocenters. The third-order valence-electron chi connectivity index (χ3n) is 2.44. The van der Waals surface area contributed by atoms with E-state index < -0.39 is 35.6 Å². The second kappa shape index (κ2) is 4.95. The van der Waals surface area contributed by atoms with Gasteiger partial charge in [0.1, 0.15) is 24.4 Å². The highest BCUT2D eigenvalue weighted by Gasteiger charge is 2.42. The van der Waals surface area contributed by atoms with Crippen LogP contribution in [0.4, 0.5) is 0 Å². The lowest BCUT2D eigenvalue weighted by atomic mass is 9.87. The van der Waals surface area contributed by atoms with Crippen molar-refractivity contribution in [1.29, 1.82) is 0 Å². The van der Waals surface area contributed by atoms with Gasteiger partial charge in [0.25, 0.3) is 0 Å². The highest BCUT2D eigenvalue weighted by atomic mass is 16.4. The van der Waals surface area contributed by atoms with Gasteiger partial charge in [-0.05, 0) is 27.7 Å². The number of aliphatic hydroxyl groups excluding tert-OH is 4. The SMILES string of the molecule is CC(C)(O)[C@@H](O)[C@@H](O)[C@H](O)[C@H](O)C(C)(C)O. The second-order valence-electron chi connectivity index (χ2n) is 5.18. The van der Waals surface area contributed by atoms with Crippen LogP contribution in [0.25, 0.3) is 0 Å². The van der Waals surface area contributed by atoms with E-state index >= 15 is 0 Å². The summed E-state index contributed by atoms with van der Waals surface area (Å²) in [4.78, 5) is 0. The molecule has 0 aliphatic heterocycles. The van der Waals surface area contributed by atoms with Gasteiger partial charge in [0, 0.05) is 0 Å². The van der Waals surface area contributed by atoms with Gasteiger partial charge in [0.05, 0.1) is 11.2 Å². The summed E-state index contributed by atoms with van der Waals surface area (Å²) < 4.78 is 0. The van der Waals surface area contributed by atoms with Crippen LogP contribution in [0.5, 0.6) is 0 Å². The molecule has 16 heavy (non-hydrogen) atoms. The van der Waals surface area contributed by atoms with E-state index in [1.54, 1.807) is 0 Å². The zero-order valence-corrected chi connectivity index (χ0v) is 9.99. The smallest absolute Gasteiger partial charge is 0.111 e. The molecule has 0 spiro atoms. The van der Waals surface area contributed by atoms with Crippen molar-refractivity contribution in [1.82, 2.24) is 0 Å². The molecule has 0 radical (unpaired) electrons. The highest BCUT2D eigenvalue weighted by molar-refractivity contribution is 4.93. The van der Waals surface area contributed by atoms with E-state index in [0.29, 0.717) is 0 Å². The number of hydrogen-bond donors (Lipinski definition) is 6. The van der Waals surface area contributed by atoms with Gasteiger partial charge in [0.2, 0.25) is 0 Å². The third kappa shape index (κ3) is 3.97. The van der Waals surface area contributed by atoms with Crippen molar-refractivity contribution in [3.05, 3.63) is 0 Å². The maximum absolute atomic E-state index is 9.52. The van der Waals surface area contributed by atoms with Crippen molar-refractivity contribution in [2.75, 3.05) is 0 Å². The fraction of sp³-hybridized carbons (Fsp3) is 1.00. The first kappa shape index (κ1) is 15.8. The van der Waals surface area contributed by atoms with Crippen molar-refractivity contribution < 1.29 is 30.6 Å². The van der Waals surface area contributed by atoms with Gasteiger partial charge in [-0.15, -0.1) is 0 Å². The van der Waals surface area contributed by atoms with E-state index in [-0.39, 0.29) is 0 Å². The topological polar surface area (TPSA) is 121 Å². The zero-order valence-electron chi connectivity index (χ0n) is 9.99. The Labute approximate surface area is 94.8 Å². The van der Waals surface area contributed by atoms with Crippen LogP contribution in [0.3, 0.4) is 0 Å². The molecule has 0 heterocycles. The average molecular weight is 238 g/mol. The van der Waals surface area contributed by atoms with Crippen LogP contribution in [-0.4, -0.2) is 66.3 Å². The quantitative estimate of drug-likeness (QED) is 0.328. The fourth-order valence-corrected chi connectivity index (χ4v) is 1.21. The summed E-state index contributed by atoms with van der Waals surface area (Å²) in [5.41, 5.74) is -3.25. The first-order chi connectivity index (χ1) is 6.89. The maximum Gasteiger partial charge on any atom is 0.111 e. The van der Waals surface area contributed by atoms with Gasteiger partial charge in [-0.25, -0.2) is 0 Å². The Balaban J connectivity index is 4.68. The highest BCUT2D eigenvalue weighted by Crippen LogP contribution is 2.20. The molecule has 0 saturated heterocycles. The zero-order chi connectivity index (χ0) is 13.3. The molecule has 98 valence electrons. The van der Waals surface area contributed by atoms with Gasteiger partial charge in [-0.3, -0.25) is 0 Å². The molecule has 6 nitrogen and oxygen atoms in total. The fourth-order valence-electron chi connectivity index (χ4n) is 1.21. The van der Waals surface area contributed by atoms with E-state index in [2.05, 4.69) is 0 Å². The van der Waals surface area contributed by atoms with Gasteiger partial charge in [-0.2, -0.15) is 0 Å². The molecule has 0 bridgehead atoms. The molecule has 0 aliphatic carbocycles. The van der Waals surface area contributed by atoms with Crippen LogP contribution < -0.4 is 0 Å². The van der Waals surface area contributed by atoms with E-state index in [1.165, 1.54) is 27.7 Å². The Hall–Kier alpha value is -0.240. The van der Waals surface area contributed by atoms with Crippen LogP contribution in [0.1, 0.15) is 27.7 Å².